The number of rotatable bonds is 4. The second-order valence-electron chi connectivity index (χ2n) is 4.26. The lowest BCUT2D eigenvalue weighted by Gasteiger charge is -2.33. The molecule has 0 bridgehead atoms. The Labute approximate surface area is 111 Å². The minimum atomic E-state index is -3.87. The van der Waals surface area contributed by atoms with Crippen LogP contribution in [0.15, 0.2) is 23.4 Å². The molecule has 0 aromatic carbocycles. The van der Waals surface area contributed by atoms with Gasteiger partial charge in [0, 0.05) is 38.9 Å². The highest BCUT2D eigenvalue weighted by atomic mass is 32.2. The zero-order valence-corrected chi connectivity index (χ0v) is 11.2. The topological polar surface area (TPSA) is 73.7 Å². The highest BCUT2D eigenvalue weighted by molar-refractivity contribution is 7.89. The fourth-order valence-corrected chi connectivity index (χ4v) is 3.42. The Morgan fingerprint density at radius 3 is 2.58 bits per heavy atom. The predicted molar refractivity (Wildman–Crippen MR) is 66.5 cm³/mol. The van der Waals surface area contributed by atoms with Gasteiger partial charge in [-0.25, -0.2) is 17.8 Å². The van der Waals surface area contributed by atoms with Crippen LogP contribution in [0.25, 0.3) is 0 Å². The summed E-state index contributed by atoms with van der Waals surface area (Å²) in [7, 11) is -3.87. The van der Waals surface area contributed by atoms with Crippen molar-refractivity contribution in [3.05, 3.63) is 24.1 Å². The first kappa shape index (κ1) is 14.3. The molecule has 1 saturated heterocycles. The molecule has 1 aromatic heterocycles. The Balaban J connectivity index is 2.12. The van der Waals surface area contributed by atoms with E-state index in [1.165, 1.54) is 16.6 Å². The van der Waals surface area contributed by atoms with E-state index in [2.05, 4.69) is 4.98 Å². The van der Waals surface area contributed by atoms with Gasteiger partial charge >= 0.3 is 0 Å². The number of halogens is 1. The van der Waals surface area contributed by atoms with Gasteiger partial charge in [-0.2, -0.15) is 4.31 Å². The van der Waals surface area contributed by atoms with E-state index >= 15 is 0 Å². The molecular formula is C11H16FN3O3S. The summed E-state index contributed by atoms with van der Waals surface area (Å²) in [5, 5.41) is 8.30. The summed E-state index contributed by atoms with van der Waals surface area (Å²) in [5.74, 6) is -0.833. The number of pyridine rings is 1. The van der Waals surface area contributed by atoms with E-state index in [1.54, 1.807) is 0 Å². The first-order chi connectivity index (χ1) is 9.05. The molecule has 1 N–H and O–H groups in total. The molecule has 0 amide bonds. The first-order valence-electron chi connectivity index (χ1n) is 5.99. The lowest BCUT2D eigenvalue weighted by atomic mass is 10.4. The number of β-amino-alcohol motifs (C(OH)–C–C–N with tert-alkyl or cyclic N) is 1. The summed E-state index contributed by atoms with van der Waals surface area (Å²) in [5.41, 5.74) is 0. The van der Waals surface area contributed by atoms with Crippen molar-refractivity contribution < 1.29 is 17.9 Å². The molecular weight excluding hydrogens is 273 g/mol. The van der Waals surface area contributed by atoms with Crippen LogP contribution in [0.4, 0.5) is 4.39 Å². The third kappa shape index (κ3) is 3.08. The molecule has 1 fully saturated rings. The Bertz CT molecular complexity index is 530. The van der Waals surface area contributed by atoms with Crippen molar-refractivity contribution in [2.75, 3.05) is 39.3 Å². The van der Waals surface area contributed by atoms with Crippen molar-refractivity contribution in [3.8, 4) is 0 Å². The maximum absolute atomic E-state index is 13.5. The maximum Gasteiger partial charge on any atom is 0.263 e. The largest absolute Gasteiger partial charge is 0.395 e. The maximum atomic E-state index is 13.5. The fraction of sp³-hybridized carbons (Fsp3) is 0.545. The van der Waals surface area contributed by atoms with E-state index in [4.69, 9.17) is 5.11 Å². The van der Waals surface area contributed by atoms with Crippen LogP contribution in [-0.4, -0.2) is 67.0 Å². The summed E-state index contributed by atoms with van der Waals surface area (Å²) < 4.78 is 39.2. The number of aliphatic hydroxyl groups excluding tert-OH is 1. The number of sulfonamides is 1. The van der Waals surface area contributed by atoms with Crippen LogP contribution in [0, 0.1) is 5.82 Å². The Morgan fingerprint density at radius 1 is 1.32 bits per heavy atom. The van der Waals surface area contributed by atoms with Crippen molar-refractivity contribution in [2.45, 2.75) is 5.03 Å². The SMILES string of the molecule is O=S(=O)(c1ncccc1F)N1CCN(CCO)CC1. The number of aromatic nitrogens is 1. The average molecular weight is 289 g/mol. The molecule has 1 aliphatic heterocycles. The van der Waals surface area contributed by atoms with Crippen LogP contribution < -0.4 is 0 Å². The molecule has 2 rings (SSSR count). The Morgan fingerprint density at radius 2 is 2.00 bits per heavy atom. The van der Waals surface area contributed by atoms with Gasteiger partial charge < -0.3 is 5.11 Å². The summed E-state index contributed by atoms with van der Waals surface area (Å²) >= 11 is 0. The molecule has 0 saturated carbocycles. The molecule has 1 aliphatic rings. The summed E-state index contributed by atoms with van der Waals surface area (Å²) in [6.45, 7) is 2.16. The first-order valence-corrected chi connectivity index (χ1v) is 7.43. The Hall–Kier alpha value is -1.09. The van der Waals surface area contributed by atoms with Crippen molar-refractivity contribution in [2.24, 2.45) is 0 Å². The molecule has 1 aromatic rings. The average Bonchev–Trinajstić information content (AvgIpc) is 2.40. The minimum Gasteiger partial charge on any atom is -0.395 e. The smallest absolute Gasteiger partial charge is 0.263 e. The molecule has 0 spiro atoms. The van der Waals surface area contributed by atoms with Gasteiger partial charge in [0.25, 0.3) is 10.0 Å². The molecule has 106 valence electrons. The van der Waals surface area contributed by atoms with E-state index in [0.29, 0.717) is 19.6 Å². The quantitative estimate of drug-likeness (QED) is 0.810. The summed E-state index contributed by atoms with van der Waals surface area (Å²) in [6, 6.07) is 2.44. The van der Waals surface area contributed by atoms with Crippen LogP contribution in [0.3, 0.4) is 0 Å². The highest BCUT2D eigenvalue weighted by Gasteiger charge is 2.31. The standard InChI is InChI=1S/C11H16FN3O3S/c12-10-2-1-3-13-11(10)19(17,18)15-6-4-14(5-7-15)8-9-16/h1-3,16H,4-9H2. The summed E-state index contributed by atoms with van der Waals surface area (Å²) in [4.78, 5) is 5.58. The zero-order valence-electron chi connectivity index (χ0n) is 10.4. The molecule has 0 radical (unpaired) electrons. The van der Waals surface area contributed by atoms with E-state index in [-0.39, 0.29) is 19.7 Å². The number of piperazine rings is 1. The van der Waals surface area contributed by atoms with Gasteiger partial charge in [-0.05, 0) is 12.1 Å². The van der Waals surface area contributed by atoms with Crippen LogP contribution in [0.1, 0.15) is 0 Å². The zero-order chi connectivity index (χ0) is 13.9. The lowest BCUT2D eigenvalue weighted by Crippen LogP contribution is -2.49. The monoisotopic (exact) mass is 289 g/mol. The number of aliphatic hydroxyl groups is 1. The molecule has 0 aliphatic carbocycles. The van der Waals surface area contributed by atoms with Gasteiger partial charge in [-0.3, -0.25) is 4.90 Å². The van der Waals surface area contributed by atoms with Gasteiger partial charge in [0.15, 0.2) is 5.82 Å². The van der Waals surface area contributed by atoms with Gasteiger partial charge in [0.1, 0.15) is 0 Å². The second-order valence-corrected chi connectivity index (χ2v) is 6.11. The van der Waals surface area contributed by atoms with Crippen molar-refractivity contribution >= 4 is 10.0 Å². The molecule has 0 unspecified atom stereocenters. The lowest BCUT2D eigenvalue weighted by molar-refractivity contribution is 0.151. The third-order valence-corrected chi connectivity index (χ3v) is 4.89. The second kappa shape index (κ2) is 5.91. The fourth-order valence-electron chi connectivity index (χ4n) is 2.02. The third-order valence-electron chi connectivity index (χ3n) is 3.06. The van der Waals surface area contributed by atoms with E-state index in [1.807, 2.05) is 4.90 Å². The van der Waals surface area contributed by atoms with E-state index < -0.39 is 20.9 Å². The van der Waals surface area contributed by atoms with E-state index in [9.17, 15) is 12.8 Å². The number of hydrogen-bond donors (Lipinski definition) is 1. The van der Waals surface area contributed by atoms with Crippen LogP contribution in [0.5, 0.6) is 0 Å². The van der Waals surface area contributed by atoms with Gasteiger partial charge in [-0.15, -0.1) is 0 Å². The molecule has 6 nitrogen and oxygen atoms in total. The van der Waals surface area contributed by atoms with Crippen molar-refractivity contribution in [3.63, 3.8) is 0 Å². The Kier molecular flexibility index (Phi) is 4.46. The molecule has 19 heavy (non-hydrogen) atoms. The molecule has 2 heterocycles. The van der Waals surface area contributed by atoms with Crippen molar-refractivity contribution in [1.29, 1.82) is 0 Å². The van der Waals surface area contributed by atoms with Crippen LogP contribution in [-0.2, 0) is 10.0 Å². The van der Waals surface area contributed by atoms with Crippen LogP contribution in [0.2, 0.25) is 0 Å². The number of hydrogen-bond acceptors (Lipinski definition) is 5. The summed E-state index contributed by atoms with van der Waals surface area (Å²) in [6.07, 6.45) is 1.26. The highest BCUT2D eigenvalue weighted by Crippen LogP contribution is 2.17. The van der Waals surface area contributed by atoms with E-state index in [0.717, 1.165) is 6.07 Å². The van der Waals surface area contributed by atoms with Gasteiger partial charge in [0.05, 0.1) is 6.61 Å². The predicted octanol–water partition coefficient (Wildman–Crippen LogP) is -0.481. The van der Waals surface area contributed by atoms with Gasteiger partial charge in [-0.1, -0.05) is 0 Å². The van der Waals surface area contributed by atoms with Gasteiger partial charge in [0.2, 0.25) is 5.03 Å². The van der Waals surface area contributed by atoms with Crippen LogP contribution >= 0.6 is 0 Å². The molecule has 8 heteroatoms. The number of nitrogens with zero attached hydrogens (tertiary/aromatic N) is 3. The molecule has 0 atom stereocenters. The van der Waals surface area contributed by atoms with Crippen molar-refractivity contribution in [1.82, 2.24) is 14.2 Å². The minimum absolute atomic E-state index is 0.0433. The normalized spacial score (nSPS) is 18.6.